The number of carbonyl (C=O) groups is 2. The summed E-state index contributed by atoms with van der Waals surface area (Å²) in [6.45, 7) is 4.50. The quantitative estimate of drug-likeness (QED) is 0.514. The molecule has 0 N–H and O–H groups in total. The van der Waals surface area contributed by atoms with E-state index in [2.05, 4.69) is 0 Å². The largest absolute Gasteiger partial charge is 0.497 e. The Kier molecular flexibility index (Phi) is 6.70. The van der Waals surface area contributed by atoms with E-state index in [1.807, 2.05) is 55.5 Å². The molecule has 0 spiro atoms. The second kappa shape index (κ2) is 9.41. The molecule has 0 bridgehead atoms. The number of allylic oxidation sites excluding steroid dienone is 2. The zero-order valence-corrected chi connectivity index (χ0v) is 17.0. The minimum Gasteiger partial charge on any atom is -0.497 e. The number of carbonyl (C=O) groups excluding carboxylic acids is 2. The first-order valence-electron chi connectivity index (χ1n) is 9.85. The van der Waals surface area contributed by atoms with Gasteiger partial charge in [0.25, 0.3) is 0 Å². The monoisotopic (exact) mass is 394 g/mol. The molecule has 2 aromatic rings. The van der Waals surface area contributed by atoms with Crippen molar-refractivity contribution in [2.75, 3.05) is 20.3 Å². The molecular formula is C24H26O5. The molecule has 152 valence electrons. The maximum absolute atomic E-state index is 12.9. The predicted octanol–water partition coefficient (Wildman–Crippen LogP) is 4.41. The summed E-state index contributed by atoms with van der Waals surface area (Å²) in [5.74, 6) is -0.309. The topological polar surface area (TPSA) is 61.8 Å². The van der Waals surface area contributed by atoms with Gasteiger partial charge in [-0.1, -0.05) is 24.3 Å². The Morgan fingerprint density at radius 3 is 2.21 bits per heavy atom. The summed E-state index contributed by atoms with van der Waals surface area (Å²) in [4.78, 5) is 25.5. The number of hydrogen-bond acceptors (Lipinski definition) is 5. The number of benzene rings is 2. The van der Waals surface area contributed by atoms with Gasteiger partial charge in [-0.15, -0.1) is 0 Å². The molecule has 0 fully saturated rings. The highest BCUT2D eigenvalue weighted by Crippen LogP contribution is 2.41. The molecule has 0 saturated carbocycles. The van der Waals surface area contributed by atoms with Crippen molar-refractivity contribution in [3.05, 3.63) is 65.7 Å². The predicted molar refractivity (Wildman–Crippen MR) is 111 cm³/mol. The highest BCUT2D eigenvalue weighted by Gasteiger charge is 2.39. The van der Waals surface area contributed by atoms with Gasteiger partial charge >= 0.3 is 5.97 Å². The molecule has 0 radical (unpaired) electrons. The first-order chi connectivity index (χ1) is 14.1. The average molecular weight is 394 g/mol. The fourth-order valence-corrected chi connectivity index (χ4v) is 3.68. The maximum atomic E-state index is 12.9. The molecule has 2 atom stereocenters. The van der Waals surface area contributed by atoms with E-state index in [9.17, 15) is 9.59 Å². The first kappa shape index (κ1) is 20.6. The Hall–Kier alpha value is -3.08. The molecule has 5 nitrogen and oxygen atoms in total. The van der Waals surface area contributed by atoms with Crippen molar-refractivity contribution in [2.24, 2.45) is 5.92 Å². The summed E-state index contributed by atoms with van der Waals surface area (Å²) < 4.78 is 15.9. The second-order valence-electron chi connectivity index (χ2n) is 6.84. The van der Waals surface area contributed by atoms with Gasteiger partial charge in [0, 0.05) is 5.92 Å². The summed E-state index contributed by atoms with van der Waals surface area (Å²) in [5.41, 5.74) is 2.76. The van der Waals surface area contributed by atoms with E-state index in [1.54, 1.807) is 20.1 Å². The third-order valence-electron chi connectivity index (χ3n) is 5.09. The van der Waals surface area contributed by atoms with Crippen LogP contribution in [0.2, 0.25) is 0 Å². The standard InChI is InChI=1S/C24H26O5/c1-4-28-20-12-8-17(9-13-20)21-14-18(16-6-10-19(27-3)11-7-16)15-22(25)23(21)24(26)29-5-2/h6-13,15,21,23H,4-5,14H2,1-3H3. The smallest absolute Gasteiger partial charge is 0.317 e. The average Bonchev–Trinajstić information content (AvgIpc) is 2.74. The van der Waals surface area contributed by atoms with Crippen molar-refractivity contribution < 1.29 is 23.8 Å². The molecule has 0 amide bonds. The highest BCUT2D eigenvalue weighted by molar-refractivity contribution is 6.10. The van der Waals surface area contributed by atoms with Crippen LogP contribution in [0.15, 0.2) is 54.6 Å². The van der Waals surface area contributed by atoms with Crippen LogP contribution >= 0.6 is 0 Å². The maximum Gasteiger partial charge on any atom is 0.317 e. The Bertz CT molecular complexity index is 880. The molecule has 0 heterocycles. The summed E-state index contributed by atoms with van der Waals surface area (Å²) in [7, 11) is 1.62. The molecule has 0 saturated heterocycles. The van der Waals surface area contributed by atoms with E-state index in [4.69, 9.17) is 14.2 Å². The van der Waals surface area contributed by atoms with E-state index in [1.165, 1.54) is 0 Å². The van der Waals surface area contributed by atoms with Crippen LogP contribution in [0.1, 0.15) is 37.3 Å². The van der Waals surface area contributed by atoms with Crippen molar-refractivity contribution in [3.63, 3.8) is 0 Å². The Morgan fingerprint density at radius 2 is 1.62 bits per heavy atom. The molecule has 0 aliphatic heterocycles. The number of esters is 1. The zero-order chi connectivity index (χ0) is 20.8. The van der Waals surface area contributed by atoms with Crippen LogP contribution in [0.25, 0.3) is 5.57 Å². The molecule has 5 heteroatoms. The lowest BCUT2D eigenvalue weighted by Crippen LogP contribution is -2.34. The Labute approximate surface area is 171 Å². The molecule has 0 aromatic heterocycles. The number of rotatable bonds is 7. The van der Waals surface area contributed by atoms with E-state index in [0.717, 1.165) is 28.2 Å². The van der Waals surface area contributed by atoms with Crippen LogP contribution in [0.3, 0.4) is 0 Å². The van der Waals surface area contributed by atoms with Crippen molar-refractivity contribution in [2.45, 2.75) is 26.2 Å². The summed E-state index contributed by atoms with van der Waals surface area (Å²) in [6, 6.07) is 15.2. The van der Waals surface area contributed by atoms with Crippen LogP contribution < -0.4 is 9.47 Å². The van der Waals surface area contributed by atoms with Crippen molar-refractivity contribution >= 4 is 17.3 Å². The number of hydrogen-bond donors (Lipinski definition) is 0. The van der Waals surface area contributed by atoms with Gasteiger partial charge in [-0.25, -0.2) is 0 Å². The van der Waals surface area contributed by atoms with Crippen LogP contribution in [0, 0.1) is 5.92 Å². The van der Waals surface area contributed by atoms with Gasteiger partial charge in [-0.3, -0.25) is 9.59 Å². The number of ketones is 1. The first-order valence-corrected chi connectivity index (χ1v) is 9.85. The number of ether oxygens (including phenoxy) is 3. The van der Waals surface area contributed by atoms with E-state index in [0.29, 0.717) is 13.0 Å². The van der Waals surface area contributed by atoms with Gasteiger partial charge in [-0.2, -0.15) is 0 Å². The molecule has 1 aliphatic carbocycles. The lowest BCUT2D eigenvalue weighted by Gasteiger charge is -2.29. The molecule has 3 rings (SSSR count). The fourth-order valence-electron chi connectivity index (χ4n) is 3.68. The van der Waals surface area contributed by atoms with E-state index >= 15 is 0 Å². The van der Waals surface area contributed by atoms with Crippen molar-refractivity contribution in [1.29, 1.82) is 0 Å². The van der Waals surface area contributed by atoms with Gasteiger partial charge in [0.15, 0.2) is 5.78 Å². The van der Waals surface area contributed by atoms with Crippen molar-refractivity contribution in [3.8, 4) is 11.5 Å². The summed E-state index contributed by atoms with van der Waals surface area (Å²) in [6.07, 6.45) is 2.14. The number of methoxy groups -OCH3 is 1. The SMILES string of the molecule is CCOC(=O)C1C(=O)C=C(c2ccc(OC)cc2)CC1c1ccc(OCC)cc1. The molecule has 1 aliphatic rings. The third-order valence-corrected chi connectivity index (χ3v) is 5.09. The molecule has 29 heavy (non-hydrogen) atoms. The van der Waals surface area contributed by atoms with Gasteiger partial charge in [0.2, 0.25) is 0 Å². The van der Waals surface area contributed by atoms with E-state index in [-0.39, 0.29) is 18.3 Å². The van der Waals surface area contributed by atoms with Crippen LogP contribution in [-0.4, -0.2) is 32.1 Å². The van der Waals surface area contributed by atoms with Crippen LogP contribution in [-0.2, 0) is 14.3 Å². The lowest BCUT2D eigenvalue weighted by atomic mass is 9.73. The van der Waals surface area contributed by atoms with Crippen molar-refractivity contribution in [1.82, 2.24) is 0 Å². The van der Waals surface area contributed by atoms with Crippen LogP contribution in [0.4, 0.5) is 0 Å². The fraction of sp³-hybridized carbons (Fsp3) is 0.333. The van der Waals surface area contributed by atoms with Gasteiger partial charge in [-0.05, 0) is 67.3 Å². The minimum absolute atomic E-state index is 0.223. The Balaban J connectivity index is 1.96. The van der Waals surface area contributed by atoms with E-state index < -0.39 is 11.9 Å². The summed E-state index contributed by atoms with van der Waals surface area (Å²) in [5, 5.41) is 0. The minimum atomic E-state index is -0.838. The molecular weight excluding hydrogens is 368 g/mol. The normalized spacial score (nSPS) is 18.7. The zero-order valence-electron chi connectivity index (χ0n) is 17.0. The van der Waals surface area contributed by atoms with Gasteiger partial charge in [0.1, 0.15) is 17.4 Å². The van der Waals surface area contributed by atoms with Crippen LogP contribution in [0.5, 0.6) is 11.5 Å². The lowest BCUT2D eigenvalue weighted by molar-refractivity contribution is -0.151. The summed E-state index contributed by atoms with van der Waals surface area (Å²) >= 11 is 0. The molecule has 2 unspecified atom stereocenters. The third kappa shape index (κ3) is 4.67. The Morgan fingerprint density at radius 1 is 0.966 bits per heavy atom. The highest BCUT2D eigenvalue weighted by atomic mass is 16.5. The van der Waals surface area contributed by atoms with Gasteiger partial charge < -0.3 is 14.2 Å². The molecule has 2 aromatic carbocycles. The van der Waals surface area contributed by atoms with Gasteiger partial charge in [0.05, 0.1) is 20.3 Å². The second-order valence-corrected chi connectivity index (χ2v) is 6.84.